The van der Waals surface area contributed by atoms with Crippen molar-refractivity contribution in [1.29, 1.82) is 0 Å². The van der Waals surface area contributed by atoms with Crippen LogP contribution in [-0.4, -0.2) is 43.3 Å². The van der Waals surface area contributed by atoms with Crippen molar-refractivity contribution >= 4 is 12.2 Å². The summed E-state index contributed by atoms with van der Waals surface area (Å²) in [5.41, 5.74) is 0. The summed E-state index contributed by atoms with van der Waals surface area (Å²) < 4.78 is 0. The van der Waals surface area contributed by atoms with Crippen LogP contribution in [0.25, 0.3) is 0 Å². The molecule has 0 saturated carbocycles. The SMILES string of the molecule is CCNC(=O)CN(CC)CCC=O. The van der Waals surface area contributed by atoms with Crippen LogP contribution in [0.2, 0.25) is 0 Å². The van der Waals surface area contributed by atoms with Gasteiger partial charge >= 0.3 is 0 Å². The largest absolute Gasteiger partial charge is 0.355 e. The lowest BCUT2D eigenvalue weighted by atomic mass is 10.4. The van der Waals surface area contributed by atoms with Gasteiger partial charge in [0.1, 0.15) is 6.29 Å². The minimum absolute atomic E-state index is 0.0234. The second-order valence-corrected chi connectivity index (χ2v) is 2.78. The first-order valence-electron chi connectivity index (χ1n) is 4.67. The lowest BCUT2D eigenvalue weighted by Gasteiger charge is -2.17. The van der Waals surface area contributed by atoms with E-state index in [0.29, 0.717) is 26.1 Å². The number of hydrogen-bond acceptors (Lipinski definition) is 3. The first-order valence-corrected chi connectivity index (χ1v) is 4.67. The molecule has 0 aliphatic carbocycles. The van der Waals surface area contributed by atoms with Crippen molar-refractivity contribution in [3.05, 3.63) is 0 Å². The van der Waals surface area contributed by atoms with Gasteiger partial charge in [0.15, 0.2) is 0 Å². The maximum Gasteiger partial charge on any atom is 0.234 e. The van der Waals surface area contributed by atoms with Crippen LogP contribution in [0.4, 0.5) is 0 Å². The average Bonchev–Trinajstić information content (AvgIpc) is 2.12. The Morgan fingerprint density at radius 2 is 2.15 bits per heavy atom. The van der Waals surface area contributed by atoms with E-state index < -0.39 is 0 Å². The zero-order chi connectivity index (χ0) is 10.1. The molecular weight excluding hydrogens is 168 g/mol. The van der Waals surface area contributed by atoms with Crippen LogP contribution in [0.1, 0.15) is 20.3 Å². The van der Waals surface area contributed by atoms with E-state index in [1.807, 2.05) is 18.7 Å². The molecular formula is C9H18N2O2. The average molecular weight is 186 g/mol. The minimum atomic E-state index is 0.0234. The minimum Gasteiger partial charge on any atom is -0.355 e. The Kier molecular flexibility index (Phi) is 7.20. The van der Waals surface area contributed by atoms with Crippen LogP contribution in [0.3, 0.4) is 0 Å². The van der Waals surface area contributed by atoms with Gasteiger partial charge in [-0.3, -0.25) is 9.69 Å². The highest BCUT2D eigenvalue weighted by Gasteiger charge is 2.06. The van der Waals surface area contributed by atoms with Gasteiger partial charge in [-0.25, -0.2) is 0 Å². The van der Waals surface area contributed by atoms with E-state index in [0.717, 1.165) is 12.8 Å². The van der Waals surface area contributed by atoms with Gasteiger partial charge in [0.25, 0.3) is 0 Å². The van der Waals surface area contributed by atoms with Crippen LogP contribution in [-0.2, 0) is 9.59 Å². The summed E-state index contributed by atoms with van der Waals surface area (Å²) in [7, 11) is 0. The zero-order valence-electron chi connectivity index (χ0n) is 8.38. The van der Waals surface area contributed by atoms with Gasteiger partial charge in [-0.1, -0.05) is 6.92 Å². The highest BCUT2D eigenvalue weighted by molar-refractivity contribution is 5.77. The molecule has 0 heterocycles. The molecule has 0 radical (unpaired) electrons. The summed E-state index contributed by atoms with van der Waals surface area (Å²) >= 11 is 0. The highest BCUT2D eigenvalue weighted by atomic mass is 16.2. The number of rotatable bonds is 7. The number of amides is 1. The van der Waals surface area contributed by atoms with Crippen LogP contribution in [0, 0.1) is 0 Å². The topological polar surface area (TPSA) is 49.4 Å². The number of hydrogen-bond donors (Lipinski definition) is 1. The Morgan fingerprint density at radius 3 is 2.62 bits per heavy atom. The summed E-state index contributed by atoms with van der Waals surface area (Å²) in [6, 6.07) is 0. The van der Waals surface area contributed by atoms with Crippen LogP contribution < -0.4 is 5.32 Å². The molecule has 1 N–H and O–H groups in total. The Bertz CT molecular complexity index is 160. The van der Waals surface area contributed by atoms with Crippen molar-refractivity contribution in [3.8, 4) is 0 Å². The first kappa shape index (κ1) is 12.1. The highest BCUT2D eigenvalue weighted by Crippen LogP contribution is 1.88. The summed E-state index contributed by atoms with van der Waals surface area (Å²) in [6.45, 7) is 6.37. The van der Waals surface area contributed by atoms with Crippen LogP contribution in [0.5, 0.6) is 0 Å². The molecule has 0 bridgehead atoms. The third-order valence-electron chi connectivity index (χ3n) is 1.75. The Morgan fingerprint density at radius 1 is 1.46 bits per heavy atom. The summed E-state index contributed by atoms with van der Waals surface area (Å²) in [5.74, 6) is 0.0234. The van der Waals surface area contributed by atoms with Gasteiger partial charge < -0.3 is 10.1 Å². The molecule has 0 spiro atoms. The van der Waals surface area contributed by atoms with E-state index in [1.165, 1.54) is 0 Å². The maximum absolute atomic E-state index is 11.1. The standard InChI is InChI=1S/C9H18N2O2/c1-3-10-9(13)8-11(4-2)6-5-7-12/h7H,3-6,8H2,1-2H3,(H,10,13). The fourth-order valence-electron chi connectivity index (χ4n) is 1.04. The normalized spacial score (nSPS) is 10.1. The molecule has 0 rings (SSSR count). The van der Waals surface area contributed by atoms with E-state index in [9.17, 15) is 9.59 Å². The summed E-state index contributed by atoms with van der Waals surface area (Å²) in [6.07, 6.45) is 1.37. The van der Waals surface area contributed by atoms with Gasteiger partial charge in [0.2, 0.25) is 5.91 Å². The van der Waals surface area contributed by atoms with Gasteiger partial charge in [-0.15, -0.1) is 0 Å². The third kappa shape index (κ3) is 6.28. The first-order chi connectivity index (χ1) is 6.24. The van der Waals surface area contributed by atoms with Crippen molar-refractivity contribution in [1.82, 2.24) is 10.2 Å². The molecule has 0 fully saturated rings. The van der Waals surface area contributed by atoms with E-state index in [1.54, 1.807) is 0 Å². The van der Waals surface area contributed by atoms with Crippen molar-refractivity contribution in [2.75, 3.05) is 26.2 Å². The molecule has 4 nitrogen and oxygen atoms in total. The quantitative estimate of drug-likeness (QED) is 0.571. The fourth-order valence-corrected chi connectivity index (χ4v) is 1.04. The van der Waals surface area contributed by atoms with Crippen molar-refractivity contribution in [2.24, 2.45) is 0 Å². The van der Waals surface area contributed by atoms with Crippen LogP contribution >= 0.6 is 0 Å². The molecule has 0 aliphatic heterocycles. The van der Waals surface area contributed by atoms with Crippen LogP contribution in [0.15, 0.2) is 0 Å². The molecule has 0 aromatic rings. The number of aldehydes is 1. The predicted molar refractivity (Wildman–Crippen MR) is 51.5 cm³/mol. The van der Waals surface area contributed by atoms with Crippen molar-refractivity contribution in [2.45, 2.75) is 20.3 Å². The Balaban J connectivity index is 3.68. The molecule has 76 valence electrons. The van der Waals surface area contributed by atoms with Gasteiger partial charge in [0, 0.05) is 19.5 Å². The van der Waals surface area contributed by atoms with Crippen molar-refractivity contribution < 1.29 is 9.59 Å². The predicted octanol–water partition coefficient (Wildman–Crippen LogP) is 0.0334. The van der Waals surface area contributed by atoms with E-state index in [4.69, 9.17) is 0 Å². The molecule has 0 aliphatic rings. The number of carbonyl (C=O) groups excluding carboxylic acids is 2. The smallest absolute Gasteiger partial charge is 0.234 e. The molecule has 0 aromatic carbocycles. The summed E-state index contributed by atoms with van der Waals surface area (Å²) in [5, 5.41) is 2.72. The fraction of sp³-hybridized carbons (Fsp3) is 0.778. The number of carbonyl (C=O) groups is 2. The number of likely N-dealkylation sites (N-methyl/N-ethyl adjacent to an activating group) is 2. The zero-order valence-corrected chi connectivity index (χ0v) is 8.38. The number of nitrogens with one attached hydrogen (secondary N) is 1. The monoisotopic (exact) mass is 186 g/mol. The molecule has 0 aromatic heterocycles. The lowest BCUT2D eigenvalue weighted by Crippen LogP contribution is -2.37. The third-order valence-corrected chi connectivity index (χ3v) is 1.75. The second kappa shape index (κ2) is 7.73. The molecule has 0 atom stereocenters. The Hall–Kier alpha value is -0.900. The molecule has 0 unspecified atom stereocenters. The van der Waals surface area contributed by atoms with Crippen molar-refractivity contribution in [3.63, 3.8) is 0 Å². The lowest BCUT2D eigenvalue weighted by molar-refractivity contribution is -0.122. The Labute approximate surface area is 79.3 Å². The van der Waals surface area contributed by atoms with Gasteiger partial charge in [-0.05, 0) is 13.5 Å². The van der Waals surface area contributed by atoms with E-state index >= 15 is 0 Å². The summed E-state index contributed by atoms with van der Waals surface area (Å²) in [4.78, 5) is 23.2. The molecule has 0 saturated heterocycles. The maximum atomic E-state index is 11.1. The van der Waals surface area contributed by atoms with E-state index in [2.05, 4.69) is 5.32 Å². The molecule has 13 heavy (non-hydrogen) atoms. The second-order valence-electron chi connectivity index (χ2n) is 2.78. The molecule has 4 heteroatoms. The van der Waals surface area contributed by atoms with Gasteiger partial charge in [-0.2, -0.15) is 0 Å². The van der Waals surface area contributed by atoms with Gasteiger partial charge in [0.05, 0.1) is 6.54 Å². The number of nitrogens with zero attached hydrogens (tertiary/aromatic N) is 1. The molecule has 1 amide bonds. The van der Waals surface area contributed by atoms with E-state index in [-0.39, 0.29) is 5.91 Å².